The van der Waals surface area contributed by atoms with Crippen molar-refractivity contribution in [1.82, 2.24) is 9.29 Å². The van der Waals surface area contributed by atoms with Gasteiger partial charge in [0.2, 0.25) is 0 Å². The predicted octanol–water partition coefficient (Wildman–Crippen LogP) is 0.509. The molecule has 0 N–H and O–H groups in total. The number of carbonyl (C=O) groups excluding carboxylic acids is 1. The molecule has 0 aliphatic heterocycles. The minimum atomic E-state index is -3.56. The summed E-state index contributed by atoms with van der Waals surface area (Å²) in [6, 6.07) is 2.66. The van der Waals surface area contributed by atoms with Crippen LogP contribution in [0.25, 0.3) is 0 Å². The molecule has 1 aromatic rings. The third kappa shape index (κ3) is 3.01. The van der Waals surface area contributed by atoms with Gasteiger partial charge in [-0.15, -0.1) is 0 Å². The van der Waals surface area contributed by atoms with E-state index < -0.39 is 16.0 Å². The van der Waals surface area contributed by atoms with Gasteiger partial charge in [0.1, 0.15) is 0 Å². The summed E-state index contributed by atoms with van der Waals surface area (Å²) in [5, 5.41) is -0.101. The second kappa shape index (κ2) is 5.24. The summed E-state index contributed by atoms with van der Waals surface area (Å²) in [6.45, 7) is 1.95. The lowest BCUT2D eigenvalue weighted by Gasteiger charge is -2.10. The molecule has 0 amide bonds. The molecule has 7 heteroatoms. The average molecular weight is 258 g/mol. The molecule has 0 unspecified atom stereocenters. The zero-order valence-electron chi connectivity index (χ0n) is 9.87. The molecule has 0 spiro atoms. The molecular weight excluding hydrogens is 244 g/mol. The molecule has 0 fully saturated rings. The molecule has 1 rings (SSSR count). The van der Waals surface area contributed by atoms with Gasteiger partial charge in [0, 0.05) is 20.3 Å². The molecule has 0 aliphatic carbocycles. The van der Waals surface area contributed by atoms with E-state index in [1.165, 1.54) is 32.4 Å². The largest absolute Gasteiger partial charge is 0.462 e. The maximum absolute atomic E-state index is 11.7. The number of carbonyl (C=O) groups is 1. The van der Waals surface area contributed by atoms with Crippen molar-refractivity contribution >= 4 is 16.0 Å². The van der Waals surface area contributed by atoms with Crippen LogP contribution >= 0.6 is 0 Å². The lowest BCUT2D eigenvalue weighted by molar-refractivity contribution is 0.0525. The number of sulfonamides is 1. The highest BCUT2D eigenvalue weighted by Crippen LogP contribution is 2.11. The van der Waals surface area contributed by atoms with Gasteiger partial charge in [-0.25, -0.2) is 22.5 Å². The summed E-state index contributed by atoms with van der Waals surface area (Å²) in [4.78, 5) is 15.1. The molecule has 0 atom stereocenters. The maximum atomic E-state index is 11.7. The Morgan fingerprint density at radius 3 is 2.47 bits per heavy atom. The summed E-state index contributed by atoms with van der Waals surface area (Å²) in [5.74, 6) is -0.520. The highest BCUT2D eigenvalue weighted by Gasteiger charge is 2.19. The Morgan fingerprint density at radius 2 is 2.06 bits per heavy atom. The number of rotatable bonds is 4. The van der Waals surface area contributed by atoms with Crippen molar-refractivity contribution < 1.29 is 17.9 Å². The zero-order chi connectivity index (χ0) is 13.1. The number of hydrogen-bond donors (Lipinski definition) is 0. The van der Waals surface area contributed by atoms with Crippen LogP contribution in [0.3, 0.4) is 0 Å². The Morgan fingerprint density at radius 1 is 1.41 bits per heavy atom. The molecule has 0 saturated carbocycles. The van der Waals surface area contributed by atoms with E-state index >= 15 is 0 Å². The van der Waals surface area contributed by atoms with Crippen LogP contribution in [-0.4, -0.2) is 44.4 Å². The van der Waals surface area contributed by atoms with E-state index in [1.807, 2.05) is 0 Å². The first-order valence-electron chi connectivity index (χ1n) is 4.95. The number of pyridine rings is 1. The first kappa shape index (κ1) is 13.6. The van der Waals surface area contributed by atoms with E-state index in [2.05, 4.69) is 4.98 Å². The van der Waals surface area contributed by atoms with Gasteiger partial charge in [-0.2, -0.15) is 0 Å². The van der Waals surface area contributed by atoms with Gasteiger partial charge in [0.15, 0.2) is 5.03 Å². The molecule has 0 bridgehead atoms. The lowest BCUT2D eigenvalue weighted by Crippen LogP contribution is -2.23. The van der Waals surface area contributed by atoms with Crippen LogP contribution < -0.4 is 0 Å². The van der Waals surface area contributed by atoms with Crippen molar-refractivity contribution in [2.45, 2.75) is 11.9 Å². The molecular formula is C10H14N2O4S. The smallest absolute Gasteiger partial charge is 0.339 e. The van der Waals surface area contributed by atoms with Crippen molar-refractivity contribution in [1.29, 1.82) is 0 Å². The minimum absolute atomic E-state index is 0.101. The third-order valence-corrected chi connectivity index (χ3v) is 3.72. The molecule has 17 heavy (non-hydrogen) atoms. The van der Waals surface area contributed by atoms with Gasteiger partial charge in [-0.05, 0) is 19.1 Å². The summed E-state index contributed by atoms with van der Waals surface area (Å²) in [7, 11) is -0.736. The Kier molecular flexibility index (Phi) is 4.19. The van der Waals surface area contributed by atoms with Crippen molar-refractivity contribution in [3.8, 4) is 0 Å². The van der Waals surface area contributed by atoms with Gasteiger partial charge in [-0.3, -0.25) is 0 Å². The zero-order valence-corrected chi connectivity index (χ0v) is 10.7. The first-order chi connectivity index (χ1) is 7.89. The first-order valence-corrected chi connectivity index (χ1v) is 6.39. The molecule has 1 heterocycles. The molecule has 0 radical (unpaired) electrons. The highest BCUT2D eigenvalue weighted by molar-refractivity contribution is 7.89. The Bertz CT molecular complexity index is 494. The van der Waals surface area contributed by atoms with Crippen LogP contribution in [-0.2, 0) is 14.8 Å². The van der Waals surface area contributed by atoms with Gasteiger partial charge in [-0.1, -0.05) is 0 Å². The van der Waals surface area contributed by atoms with Crippen LogP contribution in [0.15, 0.2) is 23.4 Å². The summed E-state index contributed by atoms with van der Waals surface area (Å²) in [6.07, 6.45) is 1.19. The normalized spacial score (nSPS) is 11.5. The maximum Gasteiger partial charge on any atom is 0.339 e. The fourth-order valence-corrected chi connectivity index (χ4v) is 1.86. The number of ether oxygens (including phenoxy) is 1. The SMILES string of the molecule is CCOC(=O)c1ccc(S(=O)(=O)N(C)C)nc1. The van der Waals surface area contributed by atoms with Gasteiger partial charge in [0.05, 0.1) is 12.2 Å². The standard InChI is InChI=1S/C10H14N2O4S/c1-4-16-10(13)8-5-6-9(11-7-8)17(14,15)12(2)3/h5-7H,4H2,1-3H3. The lowest BCUT2D eigenvalue weighted by atomic mass is 10.3. The average Bonchev–Trinajstić information content (AvgIpc) is 2.29. The van der Waals surface area contributed by atoms with Crippen LogP contribution in [0.2, 0.25) is 0 Å². The van der Waals surface area contributed by atoms with E-state index in [1.54, 1.807) is 6.92 Å². The second-order valence-corrected chi connectivity index (χ2v) is 5.49. The van der Waals surface area contributed by atoms with Gasteiger partial charge >= 0.3 is 5.97 Å². The fourth-order valence-electron chi connectivity index (χ4n) is 1.06. The fraction of sp³-hybridized carbons (Fsp3) is 0.400. The van der Waals surface area contributed by atoms with Crippen LogP contribution in [0.5, 0.6) is 0 Å². The predicted molar refractivity (Wildman–Crippen MR) is 61.1 cm³/mol. The van der Waals surface area contributed by atoms with E-state index in [4.69, 9.17) is 4.74 Å². The molecule has 6 nitrogen and oxygen atoms in total. The molecule has 1 aromatic heterocycles. The summed E-state index contributed by atoms with van der Waals surface area (Å²) < 4.78 is 29.2. The third-order valence-electron chi connectivity index (χ3n) is 1.99. The second-order valence-electron chi connectivity index (χ2n) is 3.39. The topological polar surface area (TPSA) is 76.6 Å². The number of aromatic nitrogens is 1. The minimum Gasteiger partial charge on any atom is -0.462 e. The molecule has 0 aromatic carbocycles. The Hall–Kier alpha value is -1.47. The van der Waals surface area contributed by atoms with Gasteiger partial charge < -0.3 is 4.74 Å². The molecule has 94 valence electrons. The monoisotopic (exact) mass is 258 g/mol. The highest BCUT2D eigenvalue weighted by atomic mass is 32.2. The van der Waals surface area contributed by atoms with Crippen molar-refractivity contribution in [3.05, 3.63) is 23.9 Å². The summed E-state index contributed by atoms with van der Waals surface area (Å²) >= 11 is 0. The number of esters is 1. The van der Waals surface area contributed by atoms with Crippen molar-refractivity contribution in [3.63, 3.8) is 0 Å². The van der Waals surface area contributed by atoms with Crippen LogP contribution in [0, 0.1) is 0 Å². The van der Waals surface area contributed by atoms with Crippen molar-refractivity contribution in [2.24, 2.45) is 0 Å². The van der Waals surface area contributed by atoms with E-state index in [9.17, 15) is 13.2 Å². The number of nitrogens with zero attached hydrogens (tertiary/aromatic N) is 2. The quantitative estimate of drug-likeness (QED) is 0.735. The van der Waals surface area contributed by atoms with Crippen molar-refractivity contribution in [2.75, 3.05) is 20.7 Å². The van der Waals surface area contributed by atoms with Crippen LogP contribution in [0.4, 0.5) is 0 Å². The number of hydrogen-bond acceptors (Lipinski definition) is 5. The van der Waals surface area contributed by atoms with Gasteiger partial charge in [0.25, 0.3) is 10.0 Å². The Labute approximate surface area is 100 Å². The van der Waals surface area contributed by atoms with E-state index in [0.29, 0.717) is 0 Å². The van der Waals surface area contributed by atoms with Crippen LogP contribution in [0.1, 0.15) is 17.3 Å². The molecule has 0 aliphatic rings. The van der Waals surface area contributed by atoms with E-state index in [0.717, 1.165) is 4.31 Å². The summed E-state index contributed by atoms with van der Waals surface area (Å²) in [5.41, 5.74) is 0.226. The molecule has 0 saturated heterocycles. The Balaban J connectivity index is 3.01. The van der Waals surface area contributed by atoms with E-state index in [-0.39, 0.29) is 17.2 Å².